The number of nitrogens with zero attached hydrogens (tertiary/aromatic N) is 1. The molecule has 1 unspecified atom stereocenters. The molecule has 0 radical (unpaired) electrons. The van der Waals surface area contributed by atoms with Crippen molar-refractivity contribution in [3.05, 3.63) is 42.3 Å². The molecule has 0 bridgehead atoms. The van der Waals surface area contributed by atoms with Crippen LogP contribution in [0.4, 0.5) is 10.2 Å². The monoisotopic (exact) mass is 359 g/mol. The molecule has 1 atom stereocenters. The Morgan fingerprint density at radius 3 is 2.62 bits per heavy atom. The minimum atomic E-state index is -0.516. The molecule has 140 valence electrons. The molecule has 1 aromatic heterocycles. The summed E-state index contributed by atoms with van der Waals surface area (Å²) in [7, 11) is 0. The summed E-state index contributed by atoms with van der Waals surface area (Å²) in [6, 6.07) is 8.20. The van der Waals surface area contributed by atoms with Gasteiger partial charge >= 0.3 is 0 Å². The van der Waals surface area contributed by atoms with Crippen molar-refractivity contribution in [3.63, 3.8) is 0 Å². The van der Waals surface area contributed by atoms with Crippen molar-refractivity contribution in [1.29, 1.82) is 0 Å². The highest BCUT2D eigenvalue weighted by atomic mass is 19.1. The number of carbonyl (C=O) groups excluding carboxylic acids is 1. The zero-order valence-corrected chi connectivity index (χ0v) is 15.7. The molecule has 0 aliphatic carbocycles. The van der Waals surface area contributed by atoms with Gasteiger partial charge in [-0.1, -0.05) is 19.9 Å². The molecule has 3 N–H and O–H groups in total. The number of halogens is 1. The number of anilines is 1. The van der Waals surface area contributed by atoms with Crippen molar-refractivity contribution in [2.24, 2.45) is 11.7 Å². The summed E-state index contributed by atoms with van der Waals surface area (Å²) in [5.74, 6) is 0.357. The molecule has 1 heterocycles. The van der Waals surface area contributed by atoms with Crippen molar-refractivity contribution in [2.75, 3.05) is 11.9 Å². The second-order valence-corrected chi connectivity index (χ2v) is 7.30. The minimum absolute atomic E-state index is 0.172. The summed E-state index contributed by atoms with van der Waals surface area (Å²) in [5, 5.41) is 2.61. The molecule has 26 heavy (non-hydrogen) atoms. The molecule has 0 fully saturated rings. The van der Waals surface area contributed by atoms with Crippen LogP contribution in [-0.2, 0) is 4.79 Å². The summed E-state index contributed by atoms with van der Waals surface area (Å²) < 4.78 is 20.0. The summed E-state index contributed by atoms with van der Waals surface area (Å²) in [6.45, 7) is 7.72. The van der Waals surface area contributed by atoms with Gasteiger partial charge in [0.15, 0.2) is 11.6 Å². The van der Waals surface area contributed by atoms with Gasteiger partial charge in [-0.25, -0.2) is 9.37 Å². The van der Waals surface area contributed by atoms with Crippen LogP contribution in [0.3, 0.4) is 0 Å². The summed E-state index contributed by atoms with van der Waals surface area (Å²) >= 11 is 0. The van der Waals surface area contributed by atoms with E-state index in [2.05, 4.69) is 24.1 Å². The highest BCUT2D eigenvalue weighted by Crippen LogP contribution is 2.27. The van der Waals surface area contributed by atoms with E-state index in [-0.39, 0.29) is 18.3 Å². The predicted molar refractivity (Wildman–Crippen MR) is 101 cm³/mol. The zero-order valence-electron chi connectivity index (χ0n) is 15.7. The Hall–Kier alpha value is -2.47. The van der Waals surface area contributed by atoms with E-state index in [0.717, 1.165) is 12.0 Å². The Kier molecular flexibility index (Phi) is 6.32. The van der Waals surface area contributed by atoms with Gasteiger partial charge in [-0.3, -0.25) is 4.79 Å². The van der Waals surface area contributed by atoms with Crippen LogP contribution in [0, 0.1) is 11.7 Å². The number of aromatic nitrogens is 1. The van der Waals surface area contributed by atoms with Gasteiger partial charge in [0, 0.05) is 18.7 Å². The van der Waals surface area contributed by atoms with Crippen molar-refractivity contribution >= 4 is 11.7 Å². The number of carbonyl (C=O) groups is 1. The van der Waals surface area contributed by atoms with E-state index in [9.17, 15) is 9.18 Å². The van der Waals surface area contributed by atoms with Crippen LogP contribution >= 0.6 is 0 Å². The molecule has 0 spiro atoms. The largest absolute Gasteiger partial charge is 0.489 e. The van der Waals surface area contributed by atoms with E-state index in [1.165, 1.54) is 13.0 Å². The second kappa shape index (κ2) is 8.27. The number of hydrogen-bond acceptors (Lipinski definition) is 4. The zero-order chi connectivity index (χ0) is 19.3. The van der Waals surface area contributed by atoms with E-state index in [1.54, 1.807) is 30.5 Å². The third kappa shape index (κ3) is 5.81. The maximum absolute atomic E-state index is 14.4. The van der Waals surface area contributed by atoms with Crippen LogP contribution in [0.1, 0.15) is 34.1 Å². The molecule has 6 heteroatoms. The van der Waals surface area contributed by atoms with Crippen LogP contribution in [-0.4, -0.2) is 23.0 Å². The normalized spacial score (nSPS) is 13.3. The van der Waals surface area contributed by atoms with Gasteiger partial charge in [0.2, 0.25) is 5.91 Å². The van der Waals surface area contributed by atoms with Crippen LogP contribution in [0.5, 0.6) is 5.75 Å². The number of nitrogens with one attached hydrogen (secondary N) is 1. The van der Waals surface area contributed by atoms with Gasteiger partial charge in [-0.05, 0) is 54.7 Å². The molecule has 1 aromatic carbocycles. The first-order chi connectivity index (χ1) is 12.2. The molecular weight excluding hydrogens is 333 g/mol. The Morgan fingerprint density at radius 1 is 1.31 bits per heavy atom. The Morgan fingerprint density at radius 2 is 2.00 bits per heavy atom. The Balaban J connectivity index is 2.13. The first-order valence-electron chi connectivity index (χ1n) is 8.61. The molecule has 2 rings (SSSR count). The molecular formula is C20H26FN3O2. The number of ether oxygens (including phenoxy) is 1. The number of hydrogen-bond donors (Lipinski definition) is 2. The Bertz CT molecular complexity index is 775. The second-order valence-electron chi connectivity index (χ2n) is 7.30. The third-order valence-electron chi connectivity index (χ3n) is 3.76. The third-order valence-corrected chi connectivity index (χ3v) is 3.76. The Labute approximate surface area is 153 Å². The fourth-order valence-electron chi connectivity index (χ4n) is 2.89. The summed E-state index contributed by atoms with van der Waals surface area (Å²) in [6.07, 6.45) is 2.35. The average Bonchev–Trinajstić information content (AvgIpc) is 2.52. The topological polar surface area (TPSA) is 77.2 Å². The summed E-state index contributed by atoms with van der Waals surface area (Å²) in [5.41, 5.74) is 7.10. The van der Waals surface area contributed by atoms with Gasteiger partial charge in [0.25, 0.3) is 0 Å². The van der Waals surface area contributed by atoms with Crippen molar-refractivity contribution in [1.82, 2.24) is 4.98 Å². The van der Waals surface area contributed by atoms with E-state index in [1.807, 2.05) is 6.92 Å². The number of benzene rings is 1. The molecule has 0 saturated carbocycles. The predicted octanol–water partition coefficient (Wildman–Crippen LogP) is 3.99. The van der Waals surface area contributed by atoms with Gasteiger partial charge in [0.05, 0.1) is 0 Å². The maximum Gasteiger partial charge on any atom is 0.222 e. The van der Waals surface area contributed by atoms with E-state index in [0.29, 0.717) is 17.3 Å². The molecule has 5 nitrogen and oxygen atoms in total. The average molecular weight is 359 g/mol. The number of nitrogens with two attached hydrogens (primary N) is 1. The molecule has 2 aromatic rings. The first-order valence-corrected chi connectivity index (χ1v) is 8.61. The lowest BCUT2D eigenvalue weighted by molar-refractivity contribution is -0.114. The van der Waals surface area contributed by atoms with Gasteiger partial charge in [-0.15, -0.1) is 0 Å². The van der Waals surface area contributed by atoms with E-state index >= 15 is 0 Å². The van der Waals surface area contributed by atoms with Crippen molar-refractivity contribution in [2.45, 2.75) is 39.7 Å². The maximum atomic E-state index is 14.4. The molecule has 1 amide bonds. The van der Waals surface area contributed by atoms with E-state index < -0.39 is 11.4 Å². The molecule has 0 aliphatic heterocycles. The fraction of sp³-hybridized carbons (Fsp3) is 0.400. The van der Waals surface area contributed by atoms with Gasteiger partial charge in [-0.2, -0.15) is 0 Å². The SMILES string of the molecule is CC(=O)Nc1cc(-c2ccc(OCC(C)(N)CC(C)C)c(F)c2)ccn1. The number of pyridine rings is 1. The quantitative estimate of drug-likeness (QED) is 0.784. The standard InChI is InChI=1S/C20H26FN3O2/c1-13(2)11-20(4,22)12-26-18-6-5-15(9-17(18)21)16-7-8-23-19(10-16)24-14(3)25/h5-10,13H,11-12,22H2,1-4H3,(H,23,24,25). The van der Waals surface area contributed by atoms with Crippen LogP contribution in [0.15, 0.2) is 36.5 Å². The van der Waals surface area contributed by atoms with Gasteiger partial charge in [0.1, 0.15) is 12.4 Å². The van der Waals surface area contributed by atoms with Crippen molar-refractivity contribution < 1.29 is 13.9 Å². The number of rotatable bonds is 7. The van der Waals surface area contributed by atoms with Crippen LogP contribution < -0.4 is 15.8 Å². The highest BCUT2D eigenvalue weighted by molar-refractivity contribution is 5.88. The highest BCUT2D eigenvalue weighted by Gasteiger charge is 2.21. The number of amides is 1. The fourth-order valence-corrected chi connectivity index (χ4v) is 2.89. The smallest absolute Gasteiger partial charge is 0.222 e. The minimum Gasteiger partial charge on any atom is -0.489 e. The lowest BCUT2D eigenvalue weighted by atomic mass is 9.93. The van der Waals surface area contributed by atoms with Crippen LogP contribution in [0.2, 0.25) is 0 Å². The summed E-state index contributed by atoms with van der Waals surface area (Å²) in [4.78, 5) is 15.2. The molecule has 0 aliphatic rings. The molecule has 0 saturated heterocycles. The van der Waals surface area contributed by atoms with Crippen LogP contribution in [0.25, 0.3) is 11.1 Å². The lowest BCUT2D eigenvalue weighted by Crippen LogP contribution is -2.43. The van der Waals surface area contributed by atoms with Gasteiger partial charge < -0.3 is 15.8 Å². The van der Waals surface area contributed by atoms with E-state index in [4.69, 9.17) is 10.5 Å². The first kappa shape index (κ1) is 19.8. The van der Waals surface area contributed by atoms with Crippen molar-refractivity contribution in [3.8, 4) is 16.9 Å². The lowest BCUT2D eigenvalue weighted by Gasteiger charge is -2.26.